The lowest BCUT2D eigenvalue weighted by molar-refractivity contribution is 0.393. The van der Waals surface area contributed by atoms with E-state index < -0.39 is 0 Å². The van der Waals surface area contributed by atoms with Crippen molar-refractivity contribution in [1.29, 1.82) is 0 Å². The minimum atomic E-state index is 0.405. The van der Waals surface area contributed by atoms with E-state index in [9.17, 15) is 0 Å². The largest absolute Gasteiger partial charge is 0.328 e. The van der Waals surface area contributed by atoms with Crippen molar-refractivity contribution in [1.82, 2.24) is 4.98 Å². The summed E-state index contributed by atoms with van der Waals surface area (Å²) in [6, 6.07) is 4.74. The average Bonchev–Trinajstić information content (AvgIpc) is 2.18. The number of aryl methyl sites for hydroxylation is 1. The van der Waals surface area contributed by atoms with Gasteiger partial charge >= 0.3 is 0 Å². The molecule has 2 rings (SSSR count). The van der Waals surface area contributed by atoms with Gasteiger partial charge in [0.25, 0.3) is 0 Å². The number of nitrogens with zero attached hydrogens (tertiary/aromatic N) is 1. The Balaban J connectivity index is 2.14. The highest BCUT2D eigenvalue weighted by atomic mass is 14.7. The molecule has 0 spiro atoms. The lowest BCUT2D eigenvalue weighted by Crippen LogP contribution is -2.26. The van der Waals surface area contributed by atoms with Gasteiger partial charge in [-0.25, -0.2) is 0 Å². The summed E-state index contributed by atoms with van der Waals surface area (Å²) < 4.78 is 0. The van der Waals surface area contributed by atoms with Gasteiger partial charge in [0, 0.05) is 17.9 Å². The Hall–Kier alpha value is -0.890. The van der Waals surface area contributed by atoms with E-state index in [1.807, 2.05) is 13.1 Å². The summed E-state index contributed by atoms with van der Waals surface area (Å²) >= 11 is 0. The first-order valence-corrected chi connectivity index (χ1v) is 5.44. The predicted octanol–water partition coefficient (Wildman–Crippen LogP) is 2.37. The van der Waals surface area contributed by atoms with Crippen molar-refractivity contribution >= 4 is 0 Å². The van der Waals surface area contributed by atoms with Crippen molar-refractivity contribution in [2.24, 2.45) is 5.73 Å². The number of hydrogen-bond acceptors (Lipinski definition) is 2. The second-order valence-electron chi connectivity index (χ2n) is 4.35. The van der Waals surface area contributed by atoms with Crippen molar-refractivity contribution < 1.29 is 0 Å². The Morgan fingerprint density at radius 1 is 1.43 bits per heavy atom. The molecule has 2 heteroatoms. The van der Waals surface area contributed by atoms with Crippen LogP contribution in [0.1, 0.15) is 42.9 Å². The van der Waals surface area contributed by atoms with Crippen LogP contribution in [-0.2, 0) is 0 Å². The zero-order valence-corrected chi connectivity index (χ0v) is 8.74. The van der Waals surface area contributed by atoms with Gasteiger partial charge in [0.2, 0.25) is 0 Å². The normalized spacial score (nSPS) is 27.6. The third-order valence-electron chi connectivity index (χ3n) is 3.11. The number of pyridine rings is 1. The highest BCUT2D eigenvalue weighted by Crippen LogP contribution is 2.31. The molecule has 14 heavy (non-hydrogen) atoms. The Labute approximate surface area is 85.5 Å². The fourth-order valence-electron chi connectivity index (χ4n) is 2.35. The van der Waals surface area contributed by atoms with E-state index in [-0.39, 0.29) is 0 Å². The molecule has 1 fully saturated rings. The molecule has 0 aromatic carbocycles. The number of nitrogens with two attached hydrogens (primary N) is 1. The molecule has 1 aromatic heterocycles. The Kier molecular flexibility index (Phi) is 2.82. The summed E-state index contributed by atoms with van der Waals surface area (Å²) in [5.41, 5.74) is 8.52. The summed E-state index contributed by atoms with van der Waals surface area (Å²) in [4.78, 5) is 4.22. The van der Waals surface area contributed by atoms with E-state index in [0.29, 0.717) is 12.0 Å². The van der Waals surface area contributed by atoms with Crippen LogP contribution in [0.15, 0.2) is 18.3 Å². The Morgan fingerprint density at radius 2 is 2.29 bits per heavy atom. The van der Waals surface area contributed by atoms with Crippen LogP contribution in [0.2, 0.25) is 0 Å². The molecule has 1 saturated carbocycles. The van der Waals surface area contributed by atoms with Crippen LogP contribution in [0.25, 0.3) is 0 Å². The van der Waals surface area contributed by atoms with Gasteiger partial charge in [0.15, 0.2) is 0 Å². The quantitative estimate of drug-likeness (QED) is 0.738. The van der Waals surface area contributed by atoms with E-state index in [1.165, 1.54) is 24.8 Å². The number of aromatic nitrogens is 1. The Bertz CT molecular complexity index is 309. The average molecular weight is 190 g/mol. The molecule has 2 unspecified atom stereocenters. The molecule has 2 N–H and O–H groups in total. The van der Waals surface area contributed by atoms with Gasteiger partial charge in [-0.15, -0.1) is 0 Å². The third-order valence-corrected chi connectivity index (χ3v) is 3.11. The maximum atomic E-state index is 5.98. The molecule has 0 saturated heterocycles. The molecule has 76 valence electrons. The summed E-state index contributed by atoms with van der Waals surface area (Å²) in [7, 11) is 0. The molecule has 0 aliphatic heterocycles. The van der Waals surface area contributed by atoms with Crippen LogP contribution in [0.3, 0.4) is 0 Å². The predicted molar refractivity (Wildman–Crippen MR) is 58.2 cm³/mol. The Morgan fingerprint density at radius 3 is 3.00 bits per heavy atom. The molecule has 1 aromatic rings. The molecule has 2 atom stereocenters. The van der Waals surface area contributed by atoms with Gasteiger partial charge in [0.05, 0.1) is 0 Å². The molecule has 1 heterocycles. The summed E-state index contributed by atoms with van der Waals surface area (Å²) in [5, 5.41) is 0. The van der Waals surface area contributed by atoms with Crippen molar-refractivity contribution in [3.63, 3.8) is 0 Å². The summed E-state index contributed by atoms with van der Waals surface area (Å²) in [6.45, 7) is 2.05. The van der Waals surface area contributed by atoms with E-state index >= 15 is 0 Å². The van der Waals surface area contributed by atoms with Crippen molar-refractivity contribution in [3.05, 3.63) is 29.6 Å². The monoisotopic (exact) mass is 190 g/mol. The zero-order valence-electron chi connectivity index (χ0n) is 8.74. The van der Waals surface area contributed by atoms with E-state index in [0.717, 1.165) is 12.1 Å². The maximum Gasteiger partial charge on any atom is 0.0375 e. The highest BCUT2D eigenvalue weighted by molar-refractivity contribution is 5.20. The highest BCUT2D eigenvalue weighted by Gasteiger charge is 2.20. The lowest BCUT2D eigenvalue weighted by atomic mass is 9.82. The van der Waals surface area contributed by atoms with Crippen LogP contribution in [0.4, 0.5) is 0 Å². The topological polar surface area (TPSA) is 38.9 Å². The van der Waals surface area contributed by atoms with Crippen molar-refractivity contribution in [3.8, 4) is 0 Å². The first-order chi connectivity index (χ1) is 6.75. The second-order valence-corrected chi connectivity index (χ2v) is 4.35. The van der Waals surface area contributed by atoms with E-state index in [1.54, 1.807) is 0 Å². The van der Waals surface area contributed by atoms with Crippen LogP contribution >= 0.6 is 0 Å². The summed E-state index contributed by atoms with van der Waals surface area (Å²) in [6.07, 6.45) is 6.80. The first kappa shape index (κ1) is 9.66. The van der Waals surface area contributed by atoms with Crippen molar-refractivity contribution in [2.75, 3.05) is 0 Å². The first-order valence-electron chi connectivity index (χ1n) is 5.44. The fraction of sp³-hybridized carbons (Fsp3) is 0.583. The van der Waals surface area contributed by atoms with Crippen LogP contribution < -0.4 is 5.73 Å². The summed E-state index contributed by atoms with van der Waals surface area (Å²) in [5.74, 6) is 0.667. The van der Waals surface area contributed by atoms with Gasteiger partial charge in [-0.05, 0) is 49.8 Å². The number of hydrogen-bond donors (Lipinski definition) is 1. The van der Waals surface area contributed by atoms with Crippen LogP contribution in [0.5, 0.6) is 0 Å². The van der Waals surface area contributed by atoms with E-state index in [4.69, 9.17) is 5.73 Å². The van der Waals surface area contributed by atoms with Crippen LogP contribution in [0, 0.1) is 6.92 Å². The van der Waals surface area contributed by atoms with Crippen molar-refractivity contribution in [2.45, 2.75) is 44.6 Å². The molecule has 0 radical (unpaired) electrons. The minimum Gasteiger partial charge on any atom is -0.328 e. The maximum absolute atomic E-state index is 5.98. The third kappa shape index (κ3) is 2.13. The fourth-order valence-corrected chi connectivity index (χ4v) is 2.35. The number of rotatable bonds is 1. The molecular formula is C12H18N2. The van der Waals surface area contributed by atoms with Gasteiger partial charge in [-0.2, -0.15) is 0 Å². The minimum absolute atomic E-state index is 0.405. The molecule has 2 nitrogen and oxygen atoms in total. The van der Waals surface area contributed by atoms with Gasteiger partial charge in [-0.1, -0.05) is 6.42 Å². The molecule has 1 aliphatic rings. The zero-order chi connectivity index (χ0) is 9.97. The molecule has 0 amide bonds. The lowest BCUT2D eigenvalue weighted by Gasteiger charge is -2.26. The standard InChI is InChI=1S/C12H18N2/c1-9-7-11(5-6-14-9)10-3-2-4-12(13)8-10/h5-7,10,12H,2-4,8,13H2,1H3. The van der Waals surface area contributed by atoms with E-state index in [2.05, 4.69) is 17.1 Å². The SMILES string of the molecule is Cc1cc(C2CCCC(N)C2)ccn1. The van der Waals surface area contributed by atoms with Gasteiger partial charge in [-0.3, -0.25) is 4.98 Å². The molecule has 1 aliphatic carbocycles. The molecular weight excluding hydrogens is 172 g/mol. The van der Waals surface area contributed by atoms with Crippen LogP contribution in [-0.4, -0.2) is 11.0 Å². The second kappa shape index (κ2) is 4.09. The smallest absolute Gasteiger partial charge is 0.0375 e. The molecule has 0 bridgehead atoms. The van der Waals surface area contributed by atoms with Gasteiger partial charge in [0.1, 0.15) is 0 Å². The van der Waals surface area contributed by atoms with Gasteiger partial charge < -0.3 is 5.73 Å².